The van der Waals surface area contributed by atoms with Gasteiger partial charge in [0.2, 0.25) is 5.88 Å². The van der Waals surface area contributed by atoms with Crippen molar-refractivity contribution in [2.24, 2.45) is 11.8 Å². The minimum absolute atomic E-state index is 0.00217. The summed E-state index contributed by atoms with van der Waals surface area (Å²) in [6, 6.07) is 1.77. The lowest BCUT2D eigenvalue weighted by molar-refractivity contribution is -0.151. The van der Waals surface area contributed by atoms with Crippen molar-refractivity contribution in [2.75, 3.05) is 6.61 Å². The molecule has 2 heterocycles. The number of fused-ring (bicyclic) bond motifs is 1. The Kier molecular flexibility index (Phi) is 4.82. The van der Waals surface area contributed by atoms with E-state index in [1.807, 2.05) is 0 Å². The summed E-state index contributed by atoms with van der Waals surface area (Å²) in [5, 5.41) is 7.71. The Hall–Kier alpha value is -1.77. The lowest BCUT2D eigenvalue weighted by Crippen LogP contribution is -2.41. The van der Waals surface area contributed by atoms with E-state index >= 15 is 0 Å². The van der Waals surface area contributed by atoms with Crippen LogP contribution in [-0.4, -0.2) is 33.4 Å². The van der Waals surface area contributed by atoms with Crippen molar-refractivity contribution in [1.29, 1.82) is 0 Å². The first kappa shape index (κ1) is 18.6. The Bertz CT molecular complexity index is 856. The van der Waals surface area contributed by atoms with Crippen molar-refractivity contribution in [1.82, 2.24) is 19.9 Å². The molecule has 1 N–H and O–H groups in total. The van der Waals surface area contributed by atoms with Gasteiger partial charge in [-0.2, -0.15) is 13.2 Å². The number of hydrogen-bond acceptors (Lipinski definition) is 4. The van der Waals surface area contributed by atoms with E-state index in [1.165, 1.54) is 12.8 Å². The third-order valence-electron chi connectivity index (χ3n) is 5.03. The van der Waals surface area contributed by atoms with E-state index in [1.54, 1.807) is 16.8 Å². The average Bonchev–Trinajstić information content (AvgIpc) is 3.33. The molecule has 2 aliphatic rings. The van der Waals surface area contributed by atoms with Crippen LogP contribution in [0, 0.1) is 11.8 Å². The molecule has 2 aromatic rings. The van der Waals surface area contributed by atoms with Crippen molar-refractivity contribution >= 4 is 27.3 Å². The number of nitrogens with one attached hydrogen (secondary N) is 1. The Labute approximate surface area is 163 Å². The SMILES string of the molecule is C=C(NC1CC(CC(F)(F)F)C1)c1ccnc2c(Br)c(OCC3CC3)nn12. The van der Waals surface area contributed by atoms with Crippen LogP contribution in [0.5, 0.6) is 5.88 Å². The van der Waals surface area contributed by atoms with E-state index in [-0.39, 0.29) is 12.0 Å². The molecule has 2 aliphatic carbocycles. The summed E-state index contributed by atoms with van der Waals surface area (Å²) in [6.07, 6.45) is 0.198. The first-order chi connectivity index (χ1) is 12.8. The number of hydrogen-bond donors (Lipinski definition) is 1. The van der Waals surface area contributed by atoms with Crippen molar-refractivity contribution in [3.05, 3.63) is 29.0 Å². The Balaban J connectivity index is 1.43. The molecule has 2 fully saturated rings. The minimum Gasteiger partial charge on any atom is -0.475 e. The highest BCUT2D eigenvalue weighted by Gasteiger charge is 2.39. The van der Waals surface area contributed by atoms with Crippen LogP contribution < -0.4 is 10.1 Å². The zero-order valence-electron chi connectivity index (χ0n) is 14.6. The third-order valence-corrected chi connectivity index (χ3v) is 5.72. The van der Waals surface area contributed by atoms with Crippen LogP contribution in [0.2, 0.25) is 0 Å². The van der Waals surface area contributed by atoms with Crippen molar-refractivity contribution in [3.63, 3.8) is 0 Å². The van der Waals surface area contributed by atoms with Gasteiger partial charge in [-0.15, -0.1) is 5.10 Å². The molecule has 5 nitrogen and oxygen atoms in total. The number of rotatable bonds is 7. The molecule has 0 amide bonds. The number of halogens is 4. The van der Waals surface area contributed by atoms with Gasteiger partial charge < -0.3 is 10.1 Å². The van der Waals surface area contributed by atoms with Crippen LogP contribution in [-0.2, 0) is 0 Å². The molecule has 0 aromatic carbocycles. The first-order valence-electron chi connectivity index (χ1n) is 8.99. The van der Waals surface area contributed by atoms with Crippen molar-refractivity contribution < 1.29 is 17.9 Å². The largest absolute Gasteiger partial charge is 0.475 e. The molecule has 9 heteroatoms. The predicted molar refractivity (Wildman–Crippen MR) is 98.3 cm³/mol. The molecule has 0 spiro atoms. The maximum atomic E-state index is 12.4. The first-order valence-corrected chi connectivity index (χ1v) is 9.78. The van der Waals surface area contributed by atoms with Gasteiger partial charge in [0, 0.05) is 18.7 Å². The molecule has 2 saturated carbocycles. The van der Waals surface area contributed by atoms with E-state index in [9.17, 15) is 13.2 Å². The van der Waals surface area contributed by atoms with Gasteiger partial charge in [-0.1, -0.05) is 6.58 Å². The Morgan fingerprint density at radius 2 is 2.07 bits per heavy atom. The molecule has 0 radical (unpaired) electrons. The average molecular weight is 445 g/mol. The van der Waals surface area contributed by atoms with Crippen molar-refractivity contribution in [3.8, 4) is 5.88 Å². The highest BCUT2D eigenvalue weighted by Crippen LogP contribution is 2.38. The van der Waals surface area contributed by atoms with E-state index < -0.39 is 12.6 Å². The molecular weight excluding hydrogens is 425 g/mol. The van der Waals surface area contributed by atoms with Crippen LogP contribution in [0.15, 0.2) is 23.3 Å². The lowest BCUT2D eigenvalue weighted by Gasteiger charge is -2.37. The van der Waals surface area contributed by atoms with Crippen LogP contribution >= 0.6 is 15.9 Å². The van der Waals surface area contributed by atoms with Crippen LogP contribution in [0.4, 0.5) is 13.2 Å². The molecule has 0 saturated heterocycles. The van der Waals surface area contributed by atoms with Gasteiger partial charge >= 0.3 is 6.18 Å². The second kappa shape index (κ2) is 7.00. The molecule has 0 bridgehead atoms. The molecule has 2 aromatic heterocycles. The summed E-state index contributed by atoms with van der Waals surface area (Å²) >= 11 is 3.49. The lowest BCUT2D eigenvalue weighted by atomic mass is 9.78. The van der Waals surface area contributed by atoms with Gasteiger partial charge in [-0.25, -0.2) is 9.50 Å². The summed E-state index contributed by atoms with van der Waals surface area (Å²) in [4.78, 5) is 4.33. The monoisotopic (exact) mass is 444 g/mol. The van der Waals surface area contributed by atoms with Gasteiger partial charge in [0.05, 0.1) is 18.0 Å². The number of ether oxygens (including phenoxy) is 1. The topological polar surface area (TPSA) is 51.5 Å². The molecule has 0 aliphatic heterocycles. The van der Waals surface area contributed by atoms with Crippen LogP contribution in [0.1, 0.15) is 37.8 Å². The summed E-state index contributed by atoms with van der Waals surface area (Å²) < 4.78 is 45.4. The second-order valence-corrected chi connectivity index (χ2v) is 8.21. The molecule has 146 valence electrons. The highest BCUT2D eigenvalue weighted by molar-refractivity contribution is 9.10. The summed E-state index contributed by atoms with van der Waals surface area (Å²) in [5.41, 5.74) is 1.94. The smallest absolute Gasteiger partial charge is 0.389 e. The zero-order valence-corrected chi connectivity index (χ0v) is 16.2. The fraction of sp³-hybridized carbons (Fsp3) is 0.556. The molecule has 0 atom stereocenters. The zero-order chi connectivity index (χ0) is 19.2. The standard InChI is InChI=1S/C18H20BrF3N4O/c1-10(24-13-6-12(7-13)8-18(20,21)22)14-4-5-23-16-15(19)17(25-26(14)16)27-9-11-2-3-11/h4-5,11-13,24H,1-3,6-9H2. The summed E-state index contributed by atoms with van der Waals surface area (Å²) in [6.45, 7) is 4.68. The van der Waals surface area contributed by atoms with Crippen molar-refractivity contribution in [2.45, 2.75) is 44.3 Å². The second-order valence-electron chi connectivity index (χ2n) is 7.42. The van der Waals surface area contributed by atoms with E-state index in [0.717, 1.165) is 0 Å². The molecular formula is C18H20BrF3N4O. The molecule has 27 heavy (non-hydrogen) atoms. The van der Waals surface area contributed by atoms with E-state index in [4.69, 9.17) is 4.74 Å². The van der Waals surface area contributed by atoms with E-state index in [0.29, 0.717) is 52.8 Å². The van der Waals surface area contributed by atoms with Crippen LogP contribution in [0.3, 0.4) is 0 Å². The Morgan fingerprint density at radius 3 is 2.74 bits per heavy atom. The Morgan fingerprint density at radius 1 is 1.33 bits per heavy atom. The summed E-state index contributed by atoms with van der Waals surface area (Å²) in [5.74, 6) is 0.784. The number of aromatic nitrogens is 3. The number of alkyl halides is 3. The maximum absolute atomic E-state index is 12.4. The predicted octanol–water partition coefficient (Wildman–Crippen LogP) is 4.57. The quantitative estimate of drug-likeness (QED) is 0.679. The van der Waals surface area contributed by atoms with Crippen LogP contribution in [0.25, 0.3) is 11.3 Å². The highest BCUT2D eigenvalue weighted by atomic mass is 79.9. The normalized spacial score (nSPS) is 22.5. The number of nitrogens with zero attached hydrogens (tertiary/aromatic N) is 3. The third kappa shape index (κ3) is 4.23. The molecule has 4 rings (SSSR count). The summed E-state index contributed by atoms with van der Waals surface area (Å²) in [7, 11) is 0. The van der Waals surface area contributed by atoms with Gasteiger partial charge in [-0.05, 0) is 59.5 Å². The fourth-order valence-electron chi connectivity index (χ4n) is 3.37. The van der Waals surface area contributed by atoms with Gasteiger partial charge in [0.25, 0.3) is 0 Å². The molecule has 0 unspecified atom stereocenters. The van der Waals surface area contributed by atoms with E-state index in [2.05, 4.69) is 37.9 Å². The van der Waals surface area contributed by atoms with Gasteiger partial charge in [0.15, 0.2) is 5.65 Å². The van der Waals surface area contributed by atoms with Gasteiger partial charge in [0.1, 0.15) is 4.47 Å². The minimum atomic E-state index is -4.10. The maximum Gasteiger partial charge on any atom is 0.389 e. The van der Waals surface area contributed by atoms with Gasteiger partial charge in [-0.3, -0.25) is 0 Å². The fourth-order valence-corrected chi connectivity index (χ4v) is 3.83.